The maximum Gasteiger partial charge on any atom is 3.00 e. The summed E-state index contributed by atoms with van der Waals surface area (Å²) in [4.78, 5) is 30.7. The molecule has 0 spiro atoms. The number of carboxylic acid groups (broad SMARTS) is 3. The first-order chi connectivity index (χ1) is 32.3. The van der Waals surface area contributed by atoms with E-state index < -0.39 is 17.9 Å². The fraction of sp³-hybridized carbons (Fsp3) is 0.850. The molecule has 0 radical (unpaired) electrons. The molecule has 0 saturated carbocycles. The molecule has 0 atom stereocenters. The molecule has 0 aromatic carbocycles. The molecule has 0 saturated heterocycles. The third-order valence-electron chi connectivity index (χ3n) is 12.4. The topological polar surface area (TPSA) is 120 Å². The van der Waals surface area contributed by atoms with Crippen LogP contribution in [0.15, 0.2) is 36.5 Å². The molecule has 0 heterocycles. The molecule has 0 unspecified atom stereocenters. The van der Waals surface area contributed by atoms with Gasteiger partial charge in [0.2, 0.25) is 0 Å². The summed E-state index contributed by atoms with van der Waals surface area (Å²) in [6.07, 6.45) is 71.5. The predicted molar refractivity (Wildman–Crippen MR) is 281 cm³/mol. The van der Waals surface area contributed by atoms with Gasteiger partial charge in [0, 0.05) is 17.9 Å². The van der Waals surface area contributed by atoms with E-state index in [4.69, 9.17) is 0 Å². The van der Waals surface area contributed by atoms with Crippen LogP contribution in [0.4, 0.5) is 0 Å². The number of hydrogen-bond donors (Lipinski definition) is 0. The van der Waals surface area contributed by atoms with E-state index in [9.17, 15) is 29.7 Å². The van der Waals surface area contributed by atoms with Crippen LogP contribution in [0.3, 0.4) is 0 Å². The van der Waals surface area contributed by atoms with Crippen LogP contribution < -0.4 is 15.3 Å². The standard InChI is InChI=1S/3C20H38O2.Ho/c3*1-2-3-4-5-6-7-8-9-10-11-12-13-14-15-16-17-18-19-20(21)22;/h3*11-12H,2-10,13-19H2,1H3,(H,21,22);/q;;;+3/p-3/b3*12-11-;. The van der Waals surface area contributed by atoms with Crippen LogP contribution in [-0.2, 0) is 14.4 Å². The van der Waals surface area contributed by atoms with E-state index in [0.717, 1.165) is 57.8 Å². The first kappa shape index (κ1) is 72.4. The number of carbonyl (C=O) groups excluding carboxylic acids is 3. The molecule has 67 heavy (non-hydrogen) atoms. The monoisotopic (exact) mass is 1090 g/mol. The van der Waals surface area contributed by atoms with Crippen LogP contribution in [0.5, 0.6) is 0 Å². The van der Waals surface area contributed by atoms with Crippen LogP contribution in [0.2, 0.25) is 0 Å². The third-order valence-corrected chi connectivity index (χ3v) is 12.4. The number of unbranched alkanes of at least 4 members (excludes halogenated alkanes) is 39. The molecular formula is C60H111HoO6. The molecule has 7 heteroatoms. The molecule has 0 aliphatic heterocycles. The molecule has 0 aromatic heterocycles. The molecule has 398 valence electrons. The van der Waals surface area contributed by atoms with Crippen molar-refractivity contribution in [1.82, 2.24) is 0 Å². The van der Waals surface area contributed by atoms with Crippen molar-refractivity contribution in [3.8, 4) is 0 Å². The summed E-state index contributed by atoms with van der Waals surface area (Å²) in [5, 5.41) is 30.7. The van der Waals surface area contributed by atoms with Gasteiger partial charge in [0.15, 0.2) is 0 Å². The average molecular weight is 1090 g/mol. The van der Waals surface area contributed by atoms with Gasteiger partial charge in [0.1, 0.15) is 0 Å². The van der Waals surface area contributed by atoms with Crippen LogP contribution >= 0.6 is 0 Å². The molecule has 0 bridgehead atoms. The predicted octanol–water partition coefficient (Wildman–Crippen LogP) is 16.7. The van der Waals surface area contributed by atoms with Gasteiger partial charge in [-0.1, -0.05) is 250 Å². The molecule has 0 fully saturated rings. The van der Waals surface area contributed by atoms with Crippen molar-refractivity contribution < 1.29 is 67.4 Å². The first-order valence-corrected chi connectivity index (χ1v) is 28.9. The Morgan fingerprint density at radius 1 is 0.239 bits per heavy atom. The van der Waals surface area contributed by atoms with Gasteiger partial charge in [-0.15, -0.1) is 0 Å². The van der Waals surface area contributed by atoms with Crippen molar-refractivity contribution in [3.63, 3.8) is 0 Å². The second kappa shape index (κ2) is 69.2. The Balaban J connectivity index is -0.000000441. The number of carboxylic acids is 3. The molecule has 0 aliphatic rings. The Labute approximate surface area is 447 Å². The zero-order valence-corrected chi connectivity index (χ0v) is 46.6. The third kappa shape index (κ3) is 82.2. The Morgan fingerprint density at radius 3 is 0.522 bits per heavy atom. The molecule has 6 nitrogen and oxygen atoms in total. The zero-order valence-electron chi connectivity index (χ0n) is 44.7. The second-order valence-electron chi connectivity index (χ2n) is 19.2. The van der Waals surface area contributed by atoms with E-state index in [2.05, 4.69) is 57.2 Å². The van der Waals surface area contributed by atoms with E-state index in [1.165, 1.54) is 231 Å². The number of aliphatic carboxylic acids is 3. The number of rotatable bonds is 51. The minimum atomic E-state index is -0.913. The van der Waals surface area contributed by atoms with Crippen LogP contribution in [0.25, 0.3) is 0 Å². The van der Waals surface area contributed by atoms with Crippen molar-refractivity contribution in [3.05, 3.63) is 36.5 Å². The molecule has 0 N–H and O–H groups in total. The van der Waals surface area contributed by atoms with Gasteiger partial charge in [0.05, 0.1) is 0 Å². The Morgan fingerprint density at radius 2 is 0.373 bits per heavy atom. The van der Waals surface area contributed by atoms with Crippen molar-refractivity contribution in [2.24, 2.45) is 0 Å². The Hall–Kier alpha value is -1.11. The summed E-state index contributed by atoms with van der Waals surface area (Å²) in [6, 6.07) is 0. The minimum Gasteiger partial charge on any atom is -0.550 e. The smallest absolute Gasteiger partial charge is 0.550 e. The van der Waals surface area contributed by atoms with E-state index in [0.29, 0.717) is 0 Å². The van der Waals surface area contributed by atoms with Crippen molar-refractivity contribution in [2.45, 2.75) is 329 Å². The molecule has 0 rings (SSSR count). The summed E-state index contributed by atoms with van der Waals surface area (Å²) in [6.45, 7) is 6.80. The van der Waals surface area contributed by atoms with Gasteiger partial charge < -0.3 is 29.7 Å². The van der Waals surface area contributed by atoms with Gasteiger partial charge >= 0.3 is 37.7 Å². The average Bonchev–Trinajstić information content (AvgIpc) is 3.29. The first-order valence-electron chi connectivity index (χ1n) is 28.9. The van der Waals surface area contributed by atoms with Gasteiger partial charge in [-0.05, 0) is 116 Å². The van der Waals surface area contributed by atoms with Crippen molar-refractivity contribution >= 4 is 17.9 Å². The van der Waals surface area contributed by atoms with Gasteiger partial charge in [0.25, 0.3) is 0 Å². The molecule has 0 aromatic rings. The summed E-state index contributed by atoms with van der Waals surface area (Å²) >= 11 is 0. The Bertz CT molecular complexity index is 911. The van der Waals surface area contributed by atoms with E-state index in [1.807, 2.05) is 0 Å². The van der Waals surface area contributed by atoms with Crippen LogP contribution in [-0.4, -0.2) is 17.9 Å². The van der Waals surface area contributed by atoms with Gasteiger partial charge in [-0.25, -0.2) is 0 Å². The maximum absolute atomic E-state index is 10.2. The van der Waals surface area contributed by atoms with Crippen molar-refractivity contribution in [1.29, 1.82) is 0 Å². The second-order valence-corrected chi connectivity index (χ2v) is 19.2. The summed E-state index contributed by atoms with van der Waals surface area (Å²) in [5.74, 6) is -2.74. The zero-order chi connectivity index (χ0) is 48.9. The molecular weight excluding hydrogens is 982 g/mol. The SMILES string of the molecule is CCCCCCCCCC/C=C\CCCCCCCC(=O)[O-].CCCCCCCCCC/C=C\CCCCCCCC(=O)[O-].CCCCCCCCCC/C=C\CCCCCCCC(=O)[O-].[Ho+3]. The van der Waals surface area contributed by atoms with Gasteiger partial charge in [-0.3, -0.25) is 0 Å². The van der Waals surface area contributed by atoms with Crippen molar-refractivity contribution in [2.75, 3.05) is 0 Å². The minimum absolute atomic E-state index is 0. The number of carbonyl (C=O) groups is 3. The largest absolute Gasteiger partial charge is 3.00 e. The Kier molecular flexibility index (Phi) is 74.8. The number of hydrogen-bond acceptors (Lipinski definition) is 6. The summed E-state index contributed by atoms with van der Waals surface area (Å²) in [7, 11) is 0. The molecule has 0 amide bonds. The normalized spacial score (nSPS) is 11.1. The number of allylic oxidation sites excluding steroid dienone is 6. The van der Waals surface area contributed by atoms with E-state index in [-0.39, 0.29) is 57.0 Å². The fourth-order valence-electron chi connectivity index (χ4n) is 8.08. The van der Waals surface area contributed by atoms with Gasteiger partial charge in [-0.2, -0.15) is 0 Å². The fourth-order valence-corrected chi connectivity index (χ4v) is 8.08. The van der Waals surface area contributed by atoms with Crippen LogP contribution in [0.1, 0.15) is 329 Å². The van der Waals surface area contributed by atoms with E-state index in [1.54, 1.807) is 0 Å². The quantitative estimate of drug-likeness (QED) is 0.0340. The summed E-state index contributed by atoms with van der Waals surface area (Å²) in [5.41, 5.74) is 0. The maximum atomic E-state index is 10.2. The van der Waals surface area contributed by atoms with E-state index >= 15 is 0 Å². The van der Waals surface area contributed by atoms with Crippen LogP contribution in [0, 0.1) is 37.7 Å². The molecule has 0 aliphatic carbocycles. The summed E-state index contributed by atoms with van der Waals surface area (Å²) < 4.78 is 0.